The minimum absolute atomic E-state index is 0.255. The molecule has 1 aromatic heterocycles. The smallest absolute Gasteiger partial charge is 0.139 e. The normalized spacial score (nSPS) is 20.5. The number of anilines is 2. The van der Waals surface area contributed by atoms with Crippen molar-refractivity contribution < 1.29 is 4.74 Å². The number of hydrogen-bond acceptors (Lipinski definition) is 6. The van der Waals surface area contributed by atoms with E-state index in [1.54, 1.807) is 18.4 Å². The minimum Gasteiger partial charge on any atom is -0.382 e. The van der Waals surface area contributed by atoms with E-state index in [-0.39, 0.29) is 6.10 Å². The molecular weight excluding hydrogens is 344 g/mol. The number of benzene rings is 1. The Bertz CT molecular complexity index is 816. The predicted molar refractivity (Wildman–Crippen MR) is 109 cm³/mol. The fourth-order valence-corrected chi connectivity index (χ4v) is 4.58. The van der Waals surface area contributed by atoms with Gasteiger partial charge in [0.1, 0.15) is 10.8 Å². The predicted octanol–water partition coefficient (Wildman–Crippen LogP) is 3.89. The molecule has 0 amide bonds. The molecule has 2 N–H and O–H groups in total. The lowest BCUT2D eigenvalue weighted by molar-refractivity contribution is 0.0929. The van der Waals surface area contributed by atoms with E-state index >= 15 is 0 Å². The zero-order chi connectivity index (χ0) is 18.1. The van der Waals surface area contributed by atoms with Gasteiger partial charge in [0.15, 0.2) is 0 Å². The van der Waals surface area contributed by atoms with Gasteiger partial charge in [-0.05, 0) is 38.5 Å². The van der Waals surface area contributed by atoms with Crippen LogP contribution < -0.4 is 10.6 Å². The van der Waals surface area contributed by atoms with Gasteiger partial charge in [0.25, 0.3) is 0 Å². The molecule has 2 aliphatic heterocycles. The Morgan fingerprint density at radius 2 is 2.23 bits per heavy atom. The highest BCUT2D eigenvalue weighted by Crippen LogP contribution is 2.39. The van der Waals surface area contributed by atoms with E-state index in [0.29, 0.717) is 6.04 Å². The van der Waals surface area contributed by atoms with Gasteiger partial charge >= 0.3 is 0 Å². The molecule has 1 fully saturated rings. The number of aryl methyl sites for hydroxylation is 1. The number of para-hydroxylation sites is 2. The Morgan fingerprint density at radius 1 is 1.38 bits per heavy atom. The third-order valence-electron chi connectivity index (χ3n) is 5.05. The van der Waals surface area contributed by atoms with E-state index in [4.69, 9.17) is 9.73 Å². The number of nitrogens with zero attached hydrogens (tertiary/aromatic N) is 2. The second kappa shape index (κ2) is 7.39. The number of fused-ring (bicyclic) bond motifs is 2. The summed E-state index contributed by atoms with van der Waals surface area (Å²) in [5.74, 6) is 1.08. The van der Waals surface area contributed by atoms with Crippen LogP contribution in [-0.4, -0.2) is 49.6 Å². The average Bonchev–Trinajstić information content (AvgIpc) is 2.93. The van der Waals surface area contributed by atoms with Crippen LogP contribution in [0.2, 0.25) is 0 Å². The van der Waals surface area contributed by atoms with Crippen LogP contribution in [-0.2, 0) is 4.74 Å². The summed E-state index contributed by atoms with van der Waals surface area (Å²) in [4.78, 5) is 8.81. The summed E-state index contributed by atoms with van der Waals surface area (Å²) in [5.41, 5.74) is 3.29. The highest BCUT2D eigenvalue weighted by Gasteiger charge is 2.28. The monoisotopic (exact) mass is 370 g/mol. The van der Waals surface area contributed by atoms with Crippen molar-refractivity contribution >= 4 is 33.5 Å². The van der Waals surface area contributed by atoms with Crippen LogP contribution >= 0.6 is 11.3 Å². The minimum atomic E-state index is 0.255. The first-order chi connectivity index (χ1) is 12.6. The number of hydrogen-bond donors (Lipinski definition) is 2. The van der Waals surface area contributed by atoms with E-state index in [9.17, 15) is 0 Å². The molecule has 6 heteroatoms. The molecule has 1 unspecified atom stereocenters. The van der Waals surface area contributed by atoms with Crippen molar-refractivity contribution in [3.8, 4) is 0 Å². The van der Waals surface area contributed by atoms with Crippen LogP contribution in [0.5, 0.6) is 0 Å². The molecule has 0 bridgehead atoms. The van der Waals surface area contributed by atoms with E-state index in [2.05, 4.69) is 53.6 Å². The number of nitrogens with one attached hydrogen (secondary N) is 2. The van der Waals surface area contributed by atoms with Crippen molar-refractivity contribution in [3.63, 3.8) is 0 Å². The summed E-state index contributed by atoms with van der Waals surface area (Å²) in [6.07, 6.45) is 1.26. The standard InChI is InChI=1S/C20H26N4OS/c1-13(25-3)10-15-12-24(9-8-21-15)19-16-11-14(2)26-20(16)23-18-7-5-4-6-17(18)22-19/h4-7,11,13,15,21,23H,8-10,12H2,1-3H3/t13-,15?/m0/s1. The molecule has 0 aliphatic carbocycles. The van der Waals surface area contributed by atoms with Crippen molar-refractivity contribution in [1.82, 2.24) is 10.2 Å². The molecule has 5 nitrogen and oxygen atoms in total. The second-order valence-corrected chi connectivity index (χ2v) is 8.31. The topological polar surface area (TPSA) is 48.9 Å². The van der Waals surface area contributed by atoms with Crippen LogP contribution in [0, 0.1) is 6.92 Å². The fraction of sp³-hybridized carbons (Fsp3) is 0.450. The van der Waals surface area contributed by atoms with Gasteiger partial charge < -0.3 is 20.3 Å². The molecule has 0 radical (unpaired) electrons. The zero-order valence-electron chi connectivity index (χ0n) is 15.6. The lowest BCUT2D eigenvalue weighted by Crippen LogP contribution is -2.53. The summed E-state index contributed by atoms with van der Waals surface area (Å²) < 4.78 is 5.46. The van der Waals surface area contributed by atoms with Crippen LogP contribution in [0.1, 0.15) is 23.8 Å². The van der Waals surface area contributed by atoms with Crippen molar-refractivity contribution in [2.75, 3.05) is 32.1 Å². The number of ether oxygens (including phenoxy) is 1. The summed E-state index contributed by atoms with van der Waals surface area (Å²) in [7, 11) is 1.78. The number of rotatable bonds is 3. The Balaban J connectivity index is 1.68. The van der Waals surface area contributed by atoms with Crippen LogP contribution in [0.15, 0.2) is 35.3 Å². The maximum Gasteiger partial charge on any atom is 0.139 e. The van der Waals surface area contributed by atoms with Gasteiger partial charge in [0.05, 0.1) is 23.0 Å². The average molecular weight is 371 g/mol. The molecule has 138 valence electrons. The Kier molecular flexibility index (Phi) is 4.98. The molecule has 2 aliphatic rings. The first kappa shape index (κ1) is 17.5. The molecule has 1 aromatic carbocycles. The molecular formula is C20H26N4OS. The number of aliphatic imine (C=N–C) groups is 1. The van der Waals surface area contributed by atoms with Crippen molar-refractivity contribution in [2.24, 2.45) is 4.99 Å². The Morgan fingerprint density at radius 3 is 3.08 bits per heavy atom. The van der Waals surface area contributed by atoms with E-state index in [0.717, 1.165) is 43.3 Å². The van der Waals surface area contributed by atoms with E-state index in [1.807, 2.05) is 6.07 Å². The summed E-state index contributed by atoms with van der Waals surface area (Å²) in [6, 6.07) is 11.0. The van der Waals surface area contributed by atoms with Gasteiger partial charge in [-0.1, -0.05) is 12.1 Å². The third-order valence-corrected chi connectivity index (χ3v) is 6.01. The molecule has 4 rings (SSSR count). The molecule has 26 heavy (non-hydrogen) atoms. The summed E-state index contributed by atoms with van der Waals surface area (Å²) in [6.45, 7) is 7.17. The number of thiophene rings is 1. The molecule has 0 spiro atoms. The van der Waals surface area contributed by atoms with Gasteiger partial charge in [-0.15, -0.1) is 11.3 Å². The highest BCUT2D eigenvalue weighted by molar-refractivity contribution is 7.16. The second-order valence-electron chi connectivity index (χ2n) is 7.06. The van der Waals surface area contributed by atoms with Crippen molar-refractivity contribution in [3.05, 3.63) is 40.8 Å². The number of methoxy groups -OCH3 is 1. The number of piperazine rings is 1. The molecule has 3 heterocycles. The zero-order valence-corrected chi connectivity index (χ0v) is 16.4. The number of amidine groups is 1. The maximum absolute atomic E-state index is 5.46. The SMILES string of the molecule is CO[C@@H](C)CC1CN(C2=Nc3ccccc3Nc3sc(C)cc32)CCN1. The summed E-state index contributed by atoms with van der Waals surface area (Å²) >= 11 is 1.80. The van der Waals surface area contributed by atoms with Gasteiger partial charge in [-0.2, -0.15) is 0 Å². The van der Waals surface area contributed by atoms with Crippen molar-refractivity contribution in [2.45, 2.75) is 32.4 Å². The van der Waals surface area contributed by atoms with E-state index < -0.39 is 0 Å². The maximum atomic E-state index is 5.46. The summed E-state index contributed by atoms with van der Waals surface area (Å²) in [5, 5.41) is 8.40. The van der Waals surface area contributed by atoms with Crippen LogP contribution in [0.4, 0.5) is 16.4 Å². The molecule has 0 saturated carbocycles. The molecule has 2 aromatic rings. The van der Waals surface area contributed by atoms with Gasteiger partial charge in [0, 0.05) is 37.7 Å². The quantitative estimate of drug-likeness (QED) is 0.861. The van der Waals surface area contributed by atoms with Gasteiger partial charge in [0.2, 0.25) is 0 Å². The van der Waals surface area contributed by atoms with Crippen LogP contribution in [0.3, 0.4) is 0 Å². The van der Waals surface area contributed by atoms with Crippen molar-refractivity contribution in [1.29, 1.82) is 0 Å². The van der Waals surface area contributed by atoms with E-state index in [1.165, 1.54) is 15.4 Å². The molecule has 1 saturated heterocycles. The Hall–Kier alpha value is -1.89. The highest BCUT2D eigenvalue weighted by atomic mass is 32.1. The third kappa shape index (κ3) is 3.49. The first-order valence-electron chi connectivity index (χ1n) is 9.20. The fourth-order valence-electron chi connectivity index (χ4n) is 3.66. The first-order valence-corrected chi connectivity index (χ1v) is 10.0. The Labute approximate surface area is 159 Å². The molecule has 2 atom stereocenters. The van der Waals surface area contributed by atoms with Gasteiger partial charge in [-0.3, -0.25) is 0 Å². The lowest BCUT2D eigenvalue weighted by atomic mass is 10.1. The van der Waals surface area contributed by atoms with Gasteiger partial charge in [-0.25, -0.2) is 4.99 Å². The lowest BCUT2D eigenvalue weighted by Gasteiger charge is -2.36. The van der Waals surface area contributed by atoms with Crippen LogP contribution in [0.25, 0.3) is 0 Å². The largest absolute Gasteiger partial charge is 0.382 e.